The minimum atomic E-state index is -1.33. The Kier molecular flexibility index (Phi) is 7.44. The SMILES string of the molecule is CCOC(=O)C(CCc1ccccc1)(C[C@@H]1O[C@H]1CBr)C(=O)OCC. The molecule has 1 aromatic carbocycles. The summed E-state index contributed by atoms with van der Waals surface area (Å²) in [5, 5.41) is 0.679. The van der Waals surface area contributed by atoms with Gasteiger partial charge in [-0.15, -0.1) is 0 Å². The molecular formula is C19H25BrO5. The van der Waals surface area contributed by atoms with Crippen LogP contribution in [0.4, 0.5) is 0 Å². The first-order chi connectivity index (χ1) is 12.1. The van der Waals surface area contributed by atoms with E-state index in [1.165, 1.54) is 0 Å². The van der Waals surface area contributed by atoms with Crippen molar-refractivity contribution in [2.24, 2.45) is 5.41 Å². The Balaban J connectivity index is 2.24. The molecule has 1 aliphatic heterocycles. The number of esters is 2. The fraction of sp³-hybridized carbons (Fsp3) is 0.579. The van der Waals surface area contributed by atoms with Gasteiger partial charge >= 0.3 is 11.9 Å². The number of halogens is 1. The van der Waals surface area contributed by atoms with Crippen LogP contribution in [-0.2, 0) is 30.2 Å². The van der Waals surface area contributed by atoms with Gasteiger partial charge in [-0.2, -0.15) is 0 Å². The van der Waals surface area contributed by atoms with Crippen LogP contribution in [0.5, 0.6) is 0 Å². The minimum absolute atomic E-state index is 0.0277. The second-order valence-corrected chi connectivity index (χ2v) is 6.73. The van der Waals surface area contributed by atoms with Crippen LogP contribution in [0, 0.1) is 5.41 Å². The van der Waals surface area contributed by atoms with Crippen LogP contribution < -0.4 is 0 Å². The molecule has 1 aromatic rings. The Morgan fingerprint density at radius 3 is 2.16 bits per heavy atom. The first kappa shape index (κ1) is 19.9. The molecule has 0 aromatic heterocycles. The summed E-state index contributed by atoms with van der Waals surface area (Å²) >= 11 is 3.38. The van der Waals surface area contributed by atoms with Crippen LogP contribution in [0.15, 0.2) is 30.3 Å². The number of aryl methyl sites for hydroxylation is 1. The van der Waals surface area contributed by atoms with Gasteiger partial charge in [0, 0.05) is 11.8 Å². The number of benzene rings is 1. The van der Waals surface area contributed by atoms with Gasteiger partial charge in [-0.25, -0.2) is 0 Å². The summed E-state index contributed by atoms with van der Waals surface area (Å²) in [6.45, 7) is 3.91. The molecule has 5 nitrogen and oxygen atoms in total. The van der Waals surface area contributed by atoms with Crippen LogP contribution in [0.2, 0.25) is 0 Å². The molecule has 2 atom stereocenters. The molecule has 6 heteroatoms. The normalized spacial score (nSPS) is 19.3. The van der Waals surface area contributed by atoms with Crippen LogP contribution in [0.1, 0.15) is 32.3 Å². The predicted octanol–water partition coefficient (Wildman–Crippen LogP) is 3.28. The number of carbonyl (C=O) groups excluding carboxylic acids is 2. The lowest BCUT2D eigenvalue weighted by molar-refractivity contribution is -0.173. The van der Waals surface area contributed by atoms with Gasteiger partial charge in [0.2, 0.25) is 0 Å². The number of rotatable bonds is 10. The summed E-state index contributed by atoms with van der Waals surface area (Å²) in [5.41, 5.74) is -0.266. The molecule has 0 unspecified atom stereocenters. The molecule has 25 heavy (non-hydrogen) atoms. The van der Waals surface area contributed by atoms with Crippen molar-refractivity contribution in [3.8, 4) is 0 Å². The third kappa shape index (κ3) is 5.05. The van der Waals surface area contributed by atoms with E-state index < -0.39 is 17.4 Å². The van der Waals surface area contributed by atoms with Crippen LogP contribution >= 0.6 is 15.9 Å². The number of ether oxygens (including phenoxy) is 3. The molecule has 0 aliphatic carbocycles. The highest BCUT2D eigenvalue weighted by Gasteiger charge is 2.54. The smallest absolute Gasteiger partial charge is 0.323 e. The predicted molar refractivity (Wildman–Crippen MR) is 97.5 cm³/mol. The Labute approximate surface area is 157 Å². The van der Waals surface area contributed by atoms with Crippen molar-refractivity contribution >= 4 is 27.9 Å². The van der Waals surface area contributed by atoms with Crippen molar-refractivity contribution in [1.29, 1.82) is 0 Å². The fourth-order valence-electron chi connectivity index (χ4n) is 2.93. The summed E-state index contributed by atoms with van der Waals surface area (Å²) in [7, 11) is 0. The molecule has 1 heterocycles. The maximum Gasteiger partial charge on any atom is 0.323 e. The van der Waals surface area contributed by atoms with E-state index in [1.54, 1.807) is 13.8 Å². The molecule has 1 fully saturated rings. The highest BCUT2D eigenvalue weighted by Crippen LogP contribution is 2.40. The zero-order chi connectivity index (χ0) is 18.3. The van der Waals surface area contributed by atoms with Gasteiger partial charge in [0.05, 0.1) is 25.4 Å². The van der Waals surface area contributed by atoms with Crippen molar-refractivity contribution in [3.63, 3.8) is 0 Å². The highest BCUT2D eigenvalue weighted by atomic mass is 79.9. The van der Waals surface area contributed by atoms with Gasteiger partial charge in [-0.05, 0) is 32.3 Å². The van der Waals surface area contributed by atoms with Gasteiger partial charge in [-0.1, -0.05) is 46.3 Å². The fourth-order valence-corrected chi connectivity index (χ4v) is 3.50. The Bertz CT molecular complexity index is 556. The first-order valence-electron chi connectivity index (χ1n) is 8.67. The molecule has 0 bridgehead atoms. The number of epoxide rings is 1. The summed E-state index contributed by atoms with van der Waals surface area (Å²) in [6, 6.07) is 9.78. The summed E-state index contributed by atoms with van der Waals surface area (Å²) < 4.78 is 16.1. The number of hydrogen-bond donors (Lipinski definition) is 0. The number of hydrogen-bond acceptors (Lipinski definition) is 5. The topological polar surface area (TPSA) is 65.1 Å². The molecule has 0 amide bonds. The third-order valence-electron chi connectivity index (χ3n) is 4.40. The second-order valence-electron chi connectivity index (χ2n) is 6.08. The maximum atomic E-state index is 12.8. The van der Waals surface area contributed by atoms with E-state index in [0.717, 1.165) is 5.56 Å². The van der Waals surface area contributed by atoms with E-state index in [2.05, 4.69) is 15.9 Å². The lowest BCUT2D eigenvalue weighted by atomic mass is 9.77. The first-order valence-corrected chi connectivity index (χ1v) is 9.79. The van der Waals surface area contributed by atoms with E-state index in [9.17, 15) is 9.59 Å². The van der Waals surface area contributed by atoms with Crippen LogP contribution in [-0.4, -0.2) is 42.7 Å². The van der Waals surface area contributed by atoms with Crippen LogP contribution in [0.3, 0.4) is 0 Å². The molecule has 2 rings (SSSR count). The zero-order valence-corrected chi connectivity index (χ0v) is 16.3. The van der Waals surface area contributed by atoms with Crippen molar-refractivity contribution in [1.82, 2.24) is 0 Å². The largest absolute Gasteiger partial charge is 0.465 e. The van der Waals surface area contributed by atoms with E-state index in [4.69, 9.17) is 14.2 Å². The second kappa shape index (κ2) is 9.34. The van der Waals surface area contributed by atoms with Crippen LogP contribution in [0.25, 0.3) is 0 Å². The van der Waals surface area contributed by atoms with E-state index in [0.29, 0.717) is 18.2 Å². The average Bonchev–Trinajstić information content (AvgIpc) is 3.38. The monoisotopic (exact) mass is 412 g/mol. The lowest BCUT2D eigenvalue weighted by Crippen LogP contribution is -2.44. The van der Waals surface area contributed by atoms with Gasteiger partial charge < -0.3 is 14.2 Å². The number of alkyl halides is 1. The standard InChI is InChI=1S/C19H25BrO5/c1-3-23-17(21)19(18(22)24-4-2,12-15-16(13-20)25-15)11-10-14-8-6-5-7-9-14/h5-9,15-16H,3-4,10-13H2,1-2H3/t15-,16-/m0/s1. The van der Waals surface area contributed by atoms with Crippen molar-refractivity contribution in [2.45, 2.75) is 45.3 Å². The summed E-state index contributed by atoms with van der Waals surface area (Å²) in [5.74, 6) is -1.04. The average molecular weight is 413 g/mol. The molecule has 1 saturated heterocycles. The van der Waals surface area contributed by atoms with Gasteiger partial charge in [0.15, 0.2) is 5.41 Å². The highest BCUT2D eigenvalue weighted by molar-refractivity contribution is 9.09. The maximum absolute atomic E-state index is 12.8. The summed E-state index contributed by atoms with van der Waals surface area (Å²) in [4.78, 5) is 25.5. The minimum Gasteiger partial charge on any atom is -0.465 e. The van der Waals surface area contributed by atoms with Crippen molar-refractivity contribution in [2.75, 3.05) is 18.5 Å². The molecular weight excluding hydrogens is 388 g/mol. The van der Waals surface area contributed by atoms with Gasteiger partial charge in [0.25, 0.3) is 0 Å². The molecule has 0 radical (unpaired) electrons. The van der Waals surface area contributed by atoms with Gasteiger partial charge in [-0.3, -0.25) is 9.59 Å². The summed E-state index contributed by atoms with van der Waals surface area (Å²) in [6.07, 6.45) is 1.10. The zero-order valence-electron chi connectivity index (χ0n) is 14.7. The van der Waals surface area contributed by atoms with E-state index in [1.807, 2.05) is 30.3 Å². The van der Waals surface area contributed by atoms with Gasteiger partial charge in [0.1, 0.15) is 0 Å². The van der Waals surface area contributed by atoms with Crippen molar-refractivity contribution < 1.29 is 23.8 Å². The Morgan fingerprint density at radius 2 is 1.68 bits per heavy atom. The lowest BCUT2D eigenvalue weighted by Gasteiger charge is -2.28. The Hall–Kier alpha value is -1.40. The van der Waals surface area contributed by atoms with E-state index >= 15 is 0 Å². The molecule has 0 saturated carbocycles. The molecule has 138 valence electrons. The number of carbonyl (C=O) groups is 2. The molecule has 0 spiro atoms. The quantitative estimate of drug-likeness (QED) is 0.255. The van der Waals surface area contributed by atoms with E-state index in [-0.39, 0.29) is 31.8 Å². The van der Waals surface area contributed by atoms with Crippen molar-refractivity contribution in [3.05, 3.63) is 35.9 Å². The molecule has 0 N–H and O–H groups in total. The third-order valence-corrected chi connectivity index (χ3v) is 5.04. The molecule has 1 aliphatic rings. The Morgan fingerprint density at radius 1 is 1.08 bits per heavy atom.